The van der Waals surface area contributed by atoms with E-state index in [0.717, 1.165) is 0 Å². The highest BCUT2D eigenvalue weighted by Gasteiger charge is 2.28. The van der Waals surface area contributed by atoms with E-state index in [0.29, 0.717) is 29.8 Å². The number of benzene rings is 1. The third kappa shape index (κ3) is 3.61. The minimum absolute atomic E-state index is 0.0664. The van der Waals surface area contributed by atoms with Crippen LogP contribution >= 0.6 is 0 Å². The van der Waals surface area contributed by atoms with Crippen molar-refractivity contribution in [2.45, 2.75) is 13.0 Å². The number of aryl methyl sites for hydroxylation is 2. The smallest absolute Gasteiger partial charge is 0.263 e. The molecule has 0 radical (unpaired) electrons. The highest BCUT2D eigenvalue weighted by molar-refractivity contribution is 6.05. The fourth-order valence-corrected chi connectivity index (χ4v) is 3.68. The van der Waals surface area contributed by atoms with Gasteiger partial charge >= 0.3 is 0 Å². The molecule has 30 heavy (non-hydrogen) atoms. The Kier molecular flexibility index (Phi) is 4.94. The number of halogens is 1. The van der Waals surface area contributed by atoms with Gasteiger partial charge in [-0.3, -0.25) is 19.1 Å². The molecule has 2 amide bonds. The predicted molar refractivity (Wildman–Crippen MR) is 108 cm³/mol. The first-order chi connectivity index (χ1) is 14.3. The van der Waals surface area contributed by atoms with E-state index in [9.17, 15) is 18.8 Å². The number of carbonyl (C=O) groups is 2. The minimum Gasteiger partial charge on any atom is -0.334 e. The minimum atomic E-state index is -0.509. The second kappa shape index (κ2) is 7.58. The van der Waals surface area contributed by atoms with E-state index in [1.807, 2.05) is 0 Å². The van der Waals surface area contributed by atoms with E-state index in [4.69, 9.17) is 0 Å². The van der Waals surface area contributed by atoms with Crippen molar-refractivity contribution in [3.8, 4) is 0 Å². The van der Waals surface area contributed by atoms with E-state index in [1.165, 1.54) is 29.0 Å². The van der Waals surface area contributed by atoms with Gasteiger partial charge in [-0.05, 0) is 35.7 Å². The van der Waals surface area contributed by atoms with E-state index in [1.54, 1.807) is 42.1 Å². The summed E-state index contributed by atoms with van der Waals surface area (Å²) in [5, 5.41) is 6.71. The third-order valence-corrected chi connectivity index (χ3v) is 5.11. The van der Waals surface area contributed by atoms with Crippen LogP contribution in [0.1, 0.15) is 31.8 Å². The maximum atomic E-state index is 13.5. The monoisotopic (exact) mass is 409 g/mol. The summed E-state index contributed by atoms with van der Waals surface area (Å²) >= 11 is 0. The van der Waals surface area contributed by atoms with Gasteiger partial charge in [-0.1, -0.05) is 6.07 Å². The molecule has 0 bridgehead atoms. The molecule has 9 heteroatoms. The predicted octanol–water partition coefficient (Wildman–Crippen LogP) is 1.71. The van der Waals surface area contributed by atoms with Crippen LogP contribution in [0.25, 0.3) is 0 Å². The molecule has 0 saturated carbocycles. The molecule has 3 aromatic rings. The molecular formula is C21H20FN5O3. The van der Waals surface area contributed by atoms with Gasteiger partial charge < -0.3 is 14.8 Å². The van der Waals surface area contributed by atoms with Gasteiger partial charge in [-0.15, -0.1) is 0 Å². The molecule has 0 spiro atoms. The lowest BCUT2D eigenvalue weighted by atomic mass is 9.95. The van der Waals surface area contributed by atoms with Crippen LogP contribution in [0.5, 0.6) is 0 Å². The largest absolute Gasteiger partial charge is 0.334 e. The SMILES string of the molecule is Cn1cc(NC(=O)c2c3c(cn(C)c2=O)CN(C(=O)c2cccc(F)c2)CC3)cn1. The molecule has 8 nitrogen and oxygen atoms in total. The van der Waals surface area contributed by atoms with Crippen LogP contribution in [0, 0.1) is 5.82 Å². The molecule has 0 fully saturated rings. The topological polar surface area (TPSA) is 89.2 Å². The summed E-state index contributed by atoms with van der Waals surface area (Å²) < 4.78 is 16.4. The van der Waals surface area contributed by atoms with Crippen molar-refractivity contribution in [2.75, 3.05) is 11.9 Å². The standard InChI is InChI=1S/C21H20FN5O3/c1-25-10-14-11-27(20(29)13-4-3-5-15(22)8-13)7-6-17(14)18(21(25)30)19(28)24-16-9-23-26(2)12-16/h3-5,8-10,12H,6-7,11H2,1-2H3,(H,24,28). The summed E-state index contributed by atoms with van der Waals surface area (Å²) in [6.45, 7) is 0.550. The van der Waals surface area contributed by atoms with Crippen molar-refractivity contribution in [2.24, 2.45) is 14.1 Å². The van der Waals surface area contributed by atoms with Gasteiger partial charge in [0.25, 0.3) is 17.4 Å². The van der Waals surface area contributed by atoms with Gasteiger partial charge in [0.15, 0.2) is 0 Å². The molecule has 0 atom stereocenters. The molecule has 1 N–H and O–H groups in total. The summed E-state index contributed by atoms with van der Waals surface area (Å²) in [6.07, 6.45) is 5.13. The Morgan fingerprint density at radius 3 is 2.70 bits per heavy atom. The Bertz CT molecular complexity index is 1210. The number of nitrogens with one attached hydrogen (secondary N) is 1. The molecule has 0 aliphatic carbocycles. The number of rotatable bonds is 3. The van der Waals surface area contributed by atoms with E-state index in [2.05, 4.69) is 10.4 Å². The highest BCUT2D eigenvalue weighted by Crippen LogP contribution is 2.23. The lowest BCUT2D eigenvalue weighted by molar-refractivity contribution is 0.0733. The summed E-state index contributed by atoms with van der Waals surface area (Å²) in [4.78, 5) is 39.9. The summed E-state index contributed by atoms with van der Waals surface area (Å²) in [5.74, 6) is -1.28. The van der Waals surface area contributed by atoms with Crippen LogP contribution in [0.3, 0.4) is 0 Å². The van der Waals surface area contributed by atoms with E-state index < -0.39 is 17.3 Å². The van der Waals surface area contributed by atoms with Crippen molar-refractivity contribution in [1.29, 1.82) is 0 Å². The molecule has 1 aliphatic heterocycles. The van der Waals surface area contributed by atoms with Gasteiger partial charge in [0.05, 0.1) is 11.9 Å². The lowest BCUT2D eigenvalue weighted by Gasteiger charge is -2.30. The Hall–Kier alpha value is -3.75. The van der Waals surface area contributed by atoms with Crippen molar-refractivity contribution in [3.05, 3.63) is 81.3 Å². The summed E-state index contributed by atoms with van der Waals surface area (Å²) in [6, 6.07) is 5.54. The number of carbonyl (C=O) groups excluding carboxylic acids is 2. The van der Waals surface area contributed by atoms with Gasteiger partial charge in [-0.2, -0.15) is 5.10 Å². The Morgan fingerprint density at radius 1 is 1.20 bits per heavy atom. The summed E-state index contributed by atoms with van der Waals surface area (Å²) in [7, 11) is 3.29. The number of fused-ring (bicyclic) bond motifs is 1. The first-order valence-corrected chi connectivity index (χ1v) is 9.39. The average molecular weight is 409 g/mol. The summed E-state index contributed by atoms with van der Waals surface area (Å²) in [5.41, 5.74) is 1.75. The number of aromatic nitrogens is 3. The van der Waals surface area contributed by atoms with E-state index in [-0.39, 0.29) is 23.6 Å². The number of hydrogen-bond donors (Lipinski definition) is 1. The fourth-order valence-electron chi connectivity index (χ4n) is 3.68. The van der Waals surface area contributed by atoms with E-state index >= 15 is 0 Å². The zero-order valence-corrected chi connectivity index (χ0v) is 16.6. The van der Waals surface area contributed by atoms with Crippen LogP contribution < -0.4 is 10.9 Å². The first kappa shape index (κ1) is 19.6. The van der Waals surface area contributed by atoms with Crippen LogP contribution in [-0.4, -0.2) is 37.6 Å². The number of amides is 2. The Labute approximate surface area is 171 Å². The average Bonchev–Trinajstić information content (AvgIpc) is 3.12. The third-order valence-electron chi connectivity index (χ3n) is 5.11. The highest BCUT2D eigenvalue weighted by atomic mass is 19.1. The molecule has 154 valence electrons. The lowest BCUT2D eigenvalue weighted by Crippen LogP contribution is -2.40. The number of anilines is 1. The second-order valence-electron chi connectivity index (χ2n) is 7.27. The zero-order valence-electron chi connectivity index (χ0n) is 16.6. The van der Waals surface area contributed by atoms with Gasteiger partial charge in [0.1, 0.15) is 11.4 Å². The molecule has 4 rings (SSSR count). The normalized spacial score (nSPS) is 13.1. The van der Waals surface area contributed by atoms with Gasteiger partial charge in [-0.25, -0.2) is 4.39 Å². The maximum absolute atomic E-state index is 13.5. The number of hydrogen-bond acceptors (Lipinski definition) is 4. The molecular weight excluding hydrogens is 389 g/mol. The molecule has 0 unspecified atom stereocenters. The van der Waals surface area contributed by atoms with Crippen LogP contribution in [0.4, 0.5) is 10.1 Å². The van der Waals surface area contributed by atoms with Gasteiger partial charge in [0, 0.05) is 45.1 Å². The molecule has 2 aromatic heterocycles. The zero-order chi connectivity index (χ0) is 21.4. The van der Waals surface area contributed by atoms with Crippen LogP contribution in [0.2, 0.25) is 0 Å². The molecule has 1 aromatic carbocycles. The maximum Gasteiger partial charge on any atom is 0.263 e. The molecule has 3 heterocycles. The van der Waals surface area contributed by atoms with Crippen molar-refractivity contribution < 1.29 is 14.0 Å². The molecule has 0 saturated heterocycles. The second-order valence-corrected chi connectivity index (χ2v) is 7.27. The Balaban J connectivity index is 1.64. The van der Waals surface area contributed by atoms with Crippen LogP contribution in [0.15, 0.2) is 47.7 Å². The first-order valence-electron chi connectivity index (χ1n) is 9.39. The Morgan fingerprint density at radius 2 is 2.00 bits per heavy atom. The van der Waals surface area contributed by atoms with Crippen molar-refractivity contribution >= 4 is 17.5 Å². The quantitative estimate of drug-likeness (QED) is 0.713. The van der Waals surface area contributed by atoms with Crippen molar-refractivity contribution in [1.82, 2.24) is 19.2 Å². The fraction of sp³-hybridized carbons (Fsp3) is 0.238. The molecule has 1 aliphatic rings. The van der Waals surface area contributed by atoms with Crippen molar-refractivity contribution in [3.63, 3.8) is 0 Å². The number of pyridine rings is 1. The van der Waals surface area contributed by atoms with Gasteiger partial charge in [0.2, 0.25) is 0 Å². The number of nitrogens with zero attached hydrogens (tertiary/aromatic N) is 4. The van der Waals surface area contributed by atoms with Crippen LogP contribution in [-0.2, 0) is 27.1 Å².